The molecule has 0 aliphatic carbocycles. The van der Waals surface area contributed by atoms with E-state index in [0.717, 1.165) is 21.4 Å². The first kappa shape index (κ1) is 25.1. The van der Waals surface area contributed by atoms with E-state index >= 15 is 0 Å². The van der Waals surface area contributed by atoms with Crippen LogP contribution < -0.4 is 14.9 Å². The third kappa shape index (κ3) is 4.75. The van der Waals surface area contributed by atoms with Gasteiger partial charge in [0.05, 0.1) is 34.0 Å². The Morgan fingerprint density at radius 3 is 2.74 bits per heavy atom. The highest BCUT2D eigenvalue weighted by Crippen LogP contribution is 2.34. The van der Waals surface area contributed by atoms with Gasteiger partial charge in [0.15, 0.2) is 9.89 Å². The standard InChI is InChI=1S/C30H23N3O4S2/c1-3-36-29(35)25-18(2)32-30-33(27(25)20-9-5-4-6-10-20)28(34)23(39-30)17-21-14-15-24(37-21)38-22-13-7-11-19-12-8-16-31-26(19)22/h4-17,27H,3H2,1-2H3/b23-17-/t27-/m1/s1. The van der Waals surface area contributed by atoms with Gasteiger partial charge in [-0.15, -0.1) is 0 Å². The van der Waals surface area contributed by atoms with E-state index < -0.39 is 12.0 Å². The summed E-state index contributed by atoms with van der Waals surface area (Å²) in [5, 5.41) is 1.75. The van der Waals surface area contributed by atoms with E-state index in [2.05, 4.69) is 9.98 Å². The zero-order valence-electron chi connectivity index (χ0n) is 21.2. The van der Waals surface area contributed by atoms with Crippen LogP contribution in [0.25, 0.3) is 17.0 Å². The highest BCUT2D eigenvalue weighted by molar-refractivity contribution is 7.99. The second kappa shape index (κ2) is 10.5. The molecule has 0 spiro atoms. The zero-order chi connectivity index (χ0) is 26.9. The molecule has 2 aromatic carbocycles. The summed E-state index contributed by atoms with van der Waals surface area (Å²) in [6, 6.07) is 22.5. The van der Waals surface area contributed by atoms with Gasteiger partial charge in [-0.1, -0.05) is 59.9 Å². The lowest BCUT2D eigenvalue weighted by molar-refractivity contribution is -0.139. The predicted octanol–water partition coefficient (Wildman–Crippen LogP) is 5.09. The molecule has 0 bridgehead atoms. The monoisotopic (exact) mass is 553 g/mol. The van der Waals surface area contributed by atoms with Gasteiger partial charge in [-0.25, -0.2) is 9.79 Å². The number of ether oxygens (including phenoxy) is 1. The van der Waals surface area contributed by atoms with Crippen molar-refractivity contribution in [3.05, 3.63) is 121 Å². The maximum atomic E-state index is 13.7. The molecular weight excluding hydrogens is 530 g/mol. The molecule has 7 nitrogen and oxygen atoms in total. The van der Waals surface area contributed by atoms with Crippen LogP contribution >= 0.6 is 23.1 Å². The van der Waals surface area contributed by atoms with Crippen LogP contribution in [-0.2, 0) is 9.53 Å². The Morgan fingerprint density at radius 2 is 1.92 bits per heavy atom. The van der Waals surface area contributed by atoms with Crippen LogP contribution in [0.3, 0.4) is 0 Å². The minimum atomic E-state index is -0.634. The molecule has 6 rings (SSSR count). The van der Waals surface area contributed by atoms with Crippen molar-refractivity contribution in [1.82, 2.24) is 9.55 Å². The van der Waals surface area contributed by atoms with E-state index in [4.69, 9.17) is 9.15 Å². The Kier molecular flexibility index (Phi) is 6.76. The summed E-state index contributed by atoms with van der Waals surface area (Å²) in [5.74, 6) is 0.0751. The Labute approximate surface area is 231 Å². The van der Waals surface area contributed by atoms with Gasteiger partial charge in [0.1, 0.15) is 5.76 Å². The minimum Gasteiger partial charge on any atom is -0.463 e. The van der Waals surface area contributed by atoms with Crippen molar-refractivity contribution < 1.29 is 13.9 Å². The highest BCUT2D eigenvalue weighted by Gasteiger charge is 2.33. The van der Waals surface area contributed by atoms with Crippen LogP contribution in [0.5, 0.6) is 0 Å². The molecule has 39 heavy (non-hydrogen) atoms. The van der Waals surface area contributed by atoms with Crippen molar-refractivity contribution >= 4 is 46.0 Å². The van der Waals surface area contributed by atoms with E-state index in [-0.39, 0.29) is 12.2 Å². The number of carbonyl (C=O) groups is 1. The number of pyridine rings is 1. The fraction of sp³-hybridized carbons (Fsp3) is 0.133. The highest BCUT2D eigenvalue weighted by atomic mass is 32.2. The SMILES string of the molecule is CCOC(=O)C1=C(C)N=c2s/c(=C\c3ccc(Sc4cccc5cccnc45)o3)c(=O)n2[C@@H]1c1ccccc1. The molecule has 0 fully saturated rings. The lowest BCUT2D eigenvalue weighted by Crippen LogP contribution is -2.39. The fourth-order valence-electron chi connectivity index (χ4n) is 4.61. The molecule has 3 aromatic heterocycles. The third-order valence-corrected chi connectivity index (χ3v) is 8.27. The Morgan fingerprint density at radius 1 is 1.10 bits per heavy atom. The molecule has 0 radical (unpaired) electrons. The van der Waals surface area contributed by atoms with Crippen LogP contribution in [0.4, 0.5) is 0 Å². The quantitative estimate of drug-likeness (QED) is 0.272. The van der Waals surface area contributed by atoms with Gasteiger partial charge in [0.2, 0.25) is 0 Å². The molecule has 0 saturated carbocycles. The average molecular weight is 554 g/mol. The first-order chi connectivity index (χ1) is 19.0. The zero-order valence-corrected chi connectivity index (χ0v) is 22.8. The van der Waals surface area contributed by atoms with Crippen molar-refractivity contribution in [3.63, 3.8) is 0 Å². The number of hydrogen-bond acceptors (Lipinski definition) is 8. The number of nitrogens with zero attached hydrogens (tertiary/aromatic N) is 3. The van der Waals surface area contributed by atoms with Gasteiger partial charge >= 0.3 is 5.97 Å². The van der Waals surface area contributed by atoms with Gasteiger partial charge in [-0.2, -0.15) is 0 Å². The van der Waals surface area contributed by atoms with Crippen molar-refractivity contribution in [3.8, 4) is 0 Å². The van der Waals surface area contributed by atoms with E-state index in [1.54, 1.807) is 30.7 Å². The lowest BCUT2D eigenvalue weighted by Gasteiger charge is -2.24. The van der Waals surface area contributed by atoms with Gasteiger partial charge in [-0.05, 0) is 55.4 Å². The smallest absolute Gasteiger partial charge is 0.338 e. The molecule has 194 valence electrons. The predicted molar refractivity (Wildman–Crippen MR) is 151 cm³/mol. The number of esters is 1. The number of rotatable bonds is 6. The summed E-state index contributed by atoms with van der Waals surface area (Å²) in [5.41, 5.74) is 2.37. The van der Waals surface area contributed by atoms with Gasteiger partial charge in [0, 0.05) is 22.6 Å². The van der Waals surface area contributed by atoms with E-state index in [9.17, 15) is 9.59 Å². The summed E-state index contributed by atoms with van der Waals surface area (Å²) in [4.78, 5) is 37.3. The molecule has 1 atom stereocenters. The number of para-hydroxylation sites is 1. The van der Waals surface area contributed by atoms with E-state index in [1.807, 2.05) is 72.8 Å². The molecule has 0 unspecified atom stereocenters. The number of hydrogen-bond donors (Lipinski definition) is 0. The second-order valence-corrected chi connectivity index (χ2v) is 10.9. The number of fused-ring (bicyclic) bond motifs is 2. The lowest BCUT2D eigenvalue weighted by atomic mass is 9.96. The topological polar surface area (TPSA) is 86.7 Å². The first-order valence-electron chi connectivity index (χ1n) is 12.4. The van der Waals surface area contributed by atoms with Gasteiger partial charge in [0.25, 0.3) is 5.56 Å². The number of allylic oxidation sites excluding steroid dienone is 1. The number of benzene rings is 2. The van der Waals surface area contributed by atoms with Crippen molar-refractivity contribution in [2.24, 2.45) is 4.99 Å². The second-order valence-electron chi connectivity index (χ2n) is 8.80. The fourth-order valence-corrected chi connectivity index (χ4v) is 6.54. The van der Waals surface area contributed by atoms with Crippen LogP contribution in [0.1, 0.15) is 31.2 Å². The molecule has 0 N–H and O–H groups in total. The van der Waals surface area contributed by atoms with E-state index in [0.29, 0.717) is 31.5 Å². The summed E-state index contributed by atoms with van der Waals surface area (Å²) in [6.45, 7) is 3.76. The van der Waals surface area contributed by atoms with Gasteiger partial charge < -0.3 is 9.15 Å². The van der Waals surface area contributed by atoms with Crippen LogP contribution in [0.2, 0.25) is 0 Å². The van der Waals surface area contributed by atoms with Gasteiger partial charge in [-0.3, -0.25) is 14.3 Å². The Bertz CT molecular complexity index is 1910. The maximum absolute atomic E-state index is 13.7. The van der Waals surface area contributed by atoms with Crippen molar-refractivity contribution in [2.75, 3.05) is 6.61 Å². The summed E-state index contributed by atoms with van der Waals surface area (Å²) in [7, 11) is 0. The Hall–Kier alpha value is -4.21. The van der Waals surface area contributed by atoms with Crippen LogP contribution in [-0.4, -0.2) is 22.1 Å². The van der Waals surface area contributed by atoms with Crippen molar-refractivity contribution in [1.29, 1.82) is 0 Å². The average Bonchev–Trinajstić information content (AvgIpc) is 3.52. The minimum absolute atomic E-state index is 0.231. The Balaban J connectivity index is 1.40. The first-order valence-corrected chi connectivity index (χ1v) is 14.0. The molecule has 1 aliphatic rings. The molecular formula is C30H23N3O4S2. The molecule has 0 saturated heterocycles. The number of furan rings is 1. The number of carbonyl (C=O) groups excluding carboxylic acids is 1. The molecule has 4 heterocycles. The largest absolute Gasteiger partial charge is 0.463 e. The van der Waals surface area contributed by atoms with E-state index in [1.165, 1.54) is 23.1 Å². The summed E-state index contributed by atoms with van der Waals surface area (Å²) in [6.07, 6.45) is 3.50. The third-order valence-electron chi connectivity index (χ3n) is 6.31. The normalized spacial score (nSPS) is 15.3. The number of thiazole rings is 1. The molecule has 1 aliphatic heterocycles. The molecule has 0 amide bonds. The molecule has 5 aromatic rings. The maximum Gasteiger partial charge on any atom is 0.338 e. The summed E-state index contributed by atoms with van der Waals surface area (Å²) < 4.78 is 13.5. The van der Waals surface area contributed by atoms with Crippen LogP contribution in [0, 0.1) is 0 Å². The van der Waals surface area contributed by atoms with Crippen LogP contribution in [0.15, 0.2) is 114 Å². The summed E-state index contributed by atoms with van der Waals surface area (Å²) >= 11 is 2.75. The molecule has 9 heteroatoms. The van der Waals surface area contributed by atoms with Crippen molar-refractivity contribution in [2.45, 2.75) is 29.9 Å². The number of aromatic nitrogens is 2.